The zero-order valence-corrected chi connectivity index (χ0v) is 14.2. The first-order valence-corrected chi connectivity index (χ1v) is 7.99. The van der Waals surface area contributed by atoms with Crippen molar-refractivity contribution in [2.75, 3.05) is 19.0 Å². The molecule has 1 heterocycles. The van der Waals surface area contributed by atoms with Crippen LogP contribution in [0.25, 0.3) is 10.8 Å². The van der Waals surface area contributed by atoms with E-state index in [1.165, 1.54) is 0 Å². The summed E-state index contributed by atoms with van der Waals surface area (Å²) in [5, 5.41) is 4.57. The average Bonchev–Trinajstić information content (AvgIpc) is 2.70. The van der Waals surface area contributed by atoms with E-state index < -0.39 is 11.8 Å². The molecule has 3 rings (SSSR count). The molecule has 3 N–H and O–H groups in total. The summed E-state index contributed by atoms with van der Waals surface area (Å²) in [5.41, 5.74) is 5.69. The van der Waals surface area contributed by atoms with Crippen LogP contribution in [0, 0.1) is 0 Å². The molecule has 132 valence electrons. The van der Waals surface area contributed by atoms with Gasteiger partial charge in [-0.1, -0.05) is 36.4 Å². The largest absolute Gasteiger partial charge is 0.495 e. The van der Waals surface area contributed by atoms with Gasteiger partial charge >= 0.3 is 0 Å². The van der Waals surface area contributed by atoms with Gasteiger partial charge in [0.2, 0.25) is 0 Å². The molecule has 0 spiro atoms. The molecule has 0 saturated heterocycles. The van der Waals surface area contributed by atoms with Gasteiger partial charge in [0.1, 0.15) is 11.4 Å². The number of rotatable bonds is 5. The van der Waals surface area contributed by atoms with E-state index in [-0.39, 0.29) is 12.2 Å². The highest BCUT2D eigenvalue weighted by molar-refractivity contribution is 6.05. The highest BCUT2D eigenvalue weighted by atomic mass is 16.5. The van der Waals surface area contributed by atoms with Gasteiger partial charge in [-0.25, -0.2) is 0 Å². The molecule has 0 radical (unpaired) electrons. The van der Waals surface area contributed by atoms with Gasteiger partial charge in [0.25, 0.3) is 11.8 Å². The molecule has 0 bridgehead atoms. The highest BCUT2D eigenvalue weighted by Crippen LogP contribution is 2.22. The average molecular weight is 350 g/mol. The summed E-state index contributed by atoms with van der Waals surface area (Å²) in [6.07, 6.45) is 1.56. The van der Waals surface area contributed by atoms with Crippen molar-refractivity contribution in [2.24, 2.45) is 0 Å². The number of para-hydroxylation sites is 2. The van der Waals surface area contributed by atoms with Gasteiger partial charge in [0.15, 0.2) is 0 Å². The number of anilines is 1. The van der Waals surface area contributed by atoms with Gasteiger partial charge in [0.05, 0.1) is 19.3 Å². The van der Waals surface area contributed by atoms with Crippen molar-refractivity contribution in [3.05, 3.63) is 66.5 Å². The second-order valence-electron chi connectivity index (χ2n) is 5.44. The van der Waals surface area contributed by atoms with E-state index in [1.54, 1.807) is 25.4 Å². The molecule has 7 heteroatoms. The minimum absolute atomic E-state index is 0.0242. The summed E-state index contributed by atoms with van der Waals surface area (Å²) in [5.74, 6) is -0.249. The van der Waals surface area contributed by atoms with Crippen LogP contribution >= 0.6 is 0 Å². The van der Waals surface area contributed by atoms with E-state index in [1.807, 2.05) is 42.5 Å². The van der Waals surface area contributed by atoms with E-state index in [0.717, 1.165) is 5.39 Å². The van der Waals surface area contributed by atoms with Crippen LogP contribution in [0.4, 0.5) is 5.69 Å². The standard InChI is InChI=1S/C19H18N4O3/c1-26-16-9-5-4-8-15(16)21-12-17(24)22-23-19(25)18-14-7-3-2-6-13(14)10-11-20-18/h2-11,21H,12H2,1H3,(H,22,24)(H,23,25). The molecular formula is C19H18N4O3. The fourth-order valence-electron chi connectivity index (χ4n) is 2.50. The Morgan fingerprint density at radius 2 is 1.77 bits per heavy atom. The van der Waals surface area contributed by atoms with E-state index in [9.17, 15) is 9.59 Å². The SMILES string of the molecule is COc1ccccc1NCC(=O)NNC(=O)c1nccc2ccccc12. The number of hydrogen-bond acceptors (Lipinski definition) is 5. The number of hydrogen-bond donors (Lipinski definition) is 3. The molecule has 3 aromatic rings. The van der Waals surface area contributed by atoms with Gasteiger partial charge < -0.3 is 10.1 Å². The number of benzene rings is 2. The molecular weight excluding hydrogens is 332 g/mol. The molecule has 2 amide bonds. The Labute approximate surface area is 150 Å². The molecule has 26 heavy (non-hydrogen) atoms. The zero-order valence-electron chi connectivity index (χ0n) is 14.2. The van der Waals surface area contributed by atoms with Gasteiger partial charge in [-0.3, -0.25) is 25.4 Å². The summed E-state index contributed by atoms with van der Waals surface area (Å²) >= 11 is 0. The number of methoxy groups -OCH3 is 1. The number of hydrazine groups is 1. The number of carbonyl (C=O) groups is 2. The maximum absolute atomic E-state index is 12.3. The third kappa shape index (κ3) is 3.89. The molecule has 0 aliphatic carbocycles. The Balaban J connectivity index is 1.58. The third-order valence-corrected chi connectivity index (χ3v) is 3.75. The topological polar surface area (TPSA) is 92.4 Å². The number of aromatic nitrogens is 1. The predicted molar refractivity (Wildman–Crippen MR) is 98.8 cm³/mol. The maximum atomic E-state index is 12.3. The fraction of sp³-hybridized carbons (Fsp3) is 0.105. The molecule has 0 aliphatic heterocycles. The molecule has 0 unspecified atom stereocenters. The number of pyridine rings is 1. The molecule has 2 aromatic carbocycles. The Morgan fingerprint density at radius 3 is 2.62 bits per heavy atom. The lowest BCUT2D eigenvalue weighted by Gasteiger charge is -2.12. The highest BCUT2D eigenvalue weighted by Gasteiger charge is 2.12. The van der Waals surface area contributed by atoms with Crippen molar-refractivity contribution in [3.8, 4) is 5.75 Å². The number of carbonyl (C=O) groups excluding carboxylic acids is 2. The third-order valence-electron chi connectivity index (χ3n) is 3.75. The smallest absolute Gasteiger partial charge is 0.288 e. The maximum Gasteiger partial charge on any atom is 0.288 e. The van der Waals surface area contributed by atoms with E-state index in [2.05, 4.69) is 21.2 Å². The Kier molecular flexibility index (Phi) is 5.28. The molecule has 0 atom stereocenters. The summed E-state index contributed by atoms with van der Waals surface area (Å²) in [6, 6.07) is 16.5. The van der Waals surface area contributed by atoms with Crippen molar-refractivity contribution >= 4 is 28.3 Å². The van der Waals surface area contributed by atoms with Crippen LogP contribution in [0.3, 0.4) is 0 Å². The minimum atomic E-state index is -0.479. The lowest BCUT2D eigenvalue weighted by atomic mass is 10.1. The second kappa shape index (κ2) is 7.98. The molecule has 7 nitrogen and oxygen atoms in total. The molecule has 0 aliphatic rings. The van der Waals surface area contributed by atoms with Crippen LogP contribution in [0.2, 0.25) is 0 Å². The Hall–Kier alpha value is -3.61. The van der Waals surface area contributed by atoms with Crippen molar-refractivity contribution < 1.29 is 14.3 Å². The first-order chi connectivity index (χ1) is 12.7. The van der Waals surface area contributed by atoms with Crippen LogP contribution < -0.4 is 20.9 Å². The Bertz CT molecular complexity index is 937. The molecule has 0 fully saturated rings. The van der Waals surface area contributed by atoms with E-state index in [4.69, 9.17) is 4.74 Å². The van der Waals surface area contributed by atoms with Crippen molar-refractivity contribution in [1.29, 1.82) is 0 Å². The van der Waals surface area contributed by atoms with Crippen LogP contribution in [-0.2, 0) is 4.79 Å². The number of fused-ring (bicyclic) bond motifs is 1. The number of amides is 2. The number of nitrogens with zero attached hydrogens (tertiary/aromatic N) is 1. The molecule has 0 saturated carbocycles. The lowest BCUT2D eigenvalue weighted by Crippen LogP contribution is -2.44. The predicted octanol–water partition coefficient (Wildman–Crippen LogP) is 2.12. The zero-order chi connectivity index (χ0) is 18.4. The summed E-state index contributed by atoms with van der Waals surface area (Å²) in [4.78, 5) is 28.4. The van der Waals surface area contributed by atoms with Gasteiger partial charge in [-0.05, 0) is 23.6 Å². The van der Waals surface area contributed by atoms with Crippen molar-refractivity contribution in [2.45, 2.75) is 0 Å². The van der Waals surface area contributed by atoms with Crippen LogP contribution in [0.5, 0.6) is 5.75 Å². The quantitative estimate of drug-likeness (QED) is 0.613. The van der Waals surface area contributed by atoms with Crippen molar-refractivity contribution in [3.63, 3.8) is 0 Å². The van der Waals surface area contributed by atoms with Gasteiger partial charge in [0, 0.05) is 11.6 Å². The summed E-state index contributed by atoms with van der Waals surface area (Å²) < 4.78 is 5.20. The lowest BCUT2D eigenvalue weighted by molar-refractivity contribution is -0.120. The fourth-order valence-corrected chi connectivity index (χ4v) is 2.50. The Morgan fingerprint density at radius 1 is 1.00 bits per heavy atom. The monoisotopic (exact) mass is 350 g/mol. The molecule has 1 aromatic heterocycles. The number of ether oxygens (including phenoxy) is 1. The van der Waals surface area contributed by atoms with E-state index in [0.29, 0.717) is 16.8 Å². The second-order valence-corrected chi connectivity index (χ2v) is 5.44. The number of nitrogens with one attached hydrogen (secondary N) is 3. The van der Waals surface area contributed by atoms with Crippen LogP contribution in [0.15, 0.2) is 60.8 Å². The van der Waals surface area contributed by atoms with E-state index >= 15 is 0 Å². The van der Waals surface area contributed by atoms with Crippen LogP contribution in [-0.4, -0.2) is 30.5 Å². The van der Waals surface area contributed by atoms with Crippen molar-refractivity contribution in [1.82, 2.24) is 15.8 Å². The van der Waals surface area contributed by atoms with Gasteiger partial charge in [-0.15, -0.1) is 0 Å². The minimum Gasteiger partial charge on any atom is -0.495 e. The normalized spacial score (nSPS) is 10.2. The summed E-state index contributed by atoms with van der Waals surface area (Å²) in [6.45, 7) is -0.0242. The van der Waals surface area contributed by atoms with Gasteiger partial charge in [-0.2, -0.15) is 0 Å². The summed E-state index contributed by atoms with van der Waals surface area (Å²) in [7, 11) is 1.55. The first-order valence-electron chi connectivity index (χ1n) is 7.99. The van der Waals surface area contributed by atoms with Crippen LogP contribution in [0.1, 0.15) is 10.5 Å². The first kappa shape index (κ1) is 17.2.